The van der Waals surface area contributed by atoms with Crippen molar-refractivity contribution >= 4 is 17.5 Å². The molecule has 0 saturated carbocycles. The second-order valence-corrected chi connectivity index (χ2v) is 4.98. The molecule has 5 heteroatoms. The number of hydrogen-bond acceptors (Lipinski definition) is 3. The summed E-state index contributed by atoms with van der Waals surface area (Å²) in [5.41, 5.74) is 6.45. The Hall–Kier alpha value is -2.01. The summed E-state index contributed by atoms with van der Waals surface area (Å²) in [7, 11) is 0. The zero-order valence-electron chi connectivity index (χ0n) is 12.2. The number of nitrogens with two attached hydrogens (primary N) is 1. The van der Waals surface area contributed by atoms with Crippen molar-refractivity contribution < 1.29 is 4.79 Å². The lowest BCUT2D eigenvalue weighted by molar-refractivity contribution is 0.0752. The first-order valence-corrected chi connectivity index (χ1v) is 7.08. The highest BCUT2D eigenvalue weighted by atomic mass is 35.5. The summed E-state index contributed by atoms with van der Waals surface area (Å²) in [6, 6.07) is 7.13. The molecule has 1 atom stereocenters. The van der Waals surface area contributed by atoms with Crippen molar-refractivity contribution in [3.8, 4) is 17.9 Å². The number of hydrogen-bond donors (Lipinski definition) is 1. The number of halogens is 1. The van der Waals surface area contributed by atoms with E-state index in [1.54, 1.807) is 30.0 Å². The third-order valence-corrected chi connectivity index (χ3v) is 3.24. The molecule has 0 spiro atoms. The van der Waals surface area contributed by atoms with E-state index in [0.29, 0.717) is 29.2 Å². The normalized spacial score (nSPS) is 11.0. The molecule has 0 fully saturated rings. The van der Waals surface area contributed by atoms with Gasteiger partial charge in [0.05, 0.1) is 23.6 Å². The van der Waals surface area contributed by atoms with Gasteiger partial charge in [-0.2, -0.15) is 5.26 Å². The molecule has 1 rings (SSSR count). The minimum absolute atomic E-state index is 0.139. The van der Waals surface area contributed by atoms with Crippen molar-refractivity contribution in [1.82, 2.24) is 4.90 Å². The lowest BCUT2D eigenvalue weighted by Gasteiger charge is -2.22. The Morgan fingerprint density at radius 3 is 2.76 bits per heavy atom. The predicted octanol–water partition coefficient (Wildman–Crippen LogP) is 2.27. The van der Waals surface area contributed by atoms with Gasteiger partial charge in [-0.05, 0) is 32.0 Å². The van der Waals surface area contributed by atoms with Gasteiger partial charge in [0.1, 0.15) is 0 Å². The summed E-state index contributed by atoms with van der Waals surface area (Å²) in [5, 5.41) is 9.28. The first-order chi connectivity index (χ1) is 10.0. The zero-order valence-corrected chi connectivity index (χ0v) is 12.9. The van der Waals surface area contributed by atoms with Crippen molar-refractivity contribution in [2.45, 2.75) is 13.8 Å². The van der Waals surface area contributed by atoms with Gasteiger partial charge >= 0.3 is 0 Å². The topological polar surface area (TPSA) is 70.1 Å². The van der Waals surface area contributed by atoms with Crippen molar-refractivity contribution in [3.63, 3.8) is 0 Å². The van der Waals surface area contributed by atoms with Crippen molar-refractivity contribution in [3.05, 3.63) is 34.3 Å². The van der Waals surface area contributed by atoms with Crippen LogP contribution in [0.1, 0.15) is 29.8 Å². The Morgan fingerprint density at radius 2 is 2.24 bits per heavy atom. The van der Waals surface area contributed by atoms with Crippen LogP contribution in [0.3, 0.4) is 0 Å². The average molecular weight is 304 g/mol. The molecule has 0 bridgehead atoms. The van der Waals surface area contributed by atoms with Crippen molar-refractivity contribution in [2.24, 2.45) is 11.7 Å². The summed E-state index contributed by atoms with van der Waals surface area (Å²) in [6.07, 6.45) is 0. The van der Waals surface area contributed by atoms with Crippen LogP contribution in [0.2, 0.25) is 5.02 Å². The standard InChI is InChI=1S/C16H18ClN3O/c1-3-20(11-12(2)10-19)16(21)14-7-6-13(5-4-8-18)15(17)9-14/h6-7,9,12H,3,8,11,18H2,1-2H3. The van der Waals surface area contributed by atoms with E-state index in [1.807, 2.05) is 6.92 Å². The smallest absolute Gasteiger partial charge is 0.253 e. The lowest BCUT2D eigenvalue weighted by atomic mass is 10.1. The van der Waals surface area contributed by atoms with E-state index in [9.17, 15) is 4.79 Å². The highest BCUT2D eigenvalue weighted by Gasteiger charge is 2.17. The summed E-state index contributed by atoms with van der Waals surface area (Å²) in [5.74, 6) is 5.22. The van der Waals surface area contributed by atoms with Crippen LogP contribution in [0, 0.1) is 29.1 Å². The molecule has 21 heavy (non-hydrogen) atoms. The van der Waals surface area contributed by atoms with Crippen LogP contribution >= 0.6 is 11.6 Å². The largest absolute Gasteiger partial charge is 0.338 e. The minimum atomic E-state index is -0.209. The summed E-state index contributed by atoms with van der Waals surface area (Å²) in [4.78, 5) is 14.0. The van der Waals surface area contributed by atoms with Gasteiger partial charge in [-0.25, -0.2) is 0 Å². The molecular formula is C16H18ClN3O. The first kappa shape index (κ1) is 17.0. The van der Waals surface area contributed by atoms with Crippen LogP contribution in [0.5, 0.6) is 0 Å². The highest BCUT2D eigenvalue weighted by molar-refractivity contribution is 6.32. The number of rotatable bonds is 4. The summed E-state index contributed by atoms with van der Waals surface area (Å²) >= 11 is 6.12. The van der Waals surface area contributed by atoms with Crippen LogP contribution in [-0.2, 0) is 0 Å². The SMILES string of the molecule is CCN(CC(C)C#N)C(=O)c1ccc(C#CCN)c(Cl)c1. The second-order valence-electron chi connectivity index (χ2n) is 4.57. The van der Waals surface area contributed by atoms with Gasteiger partial charge in [0.15, 0.2) is 0 Å². The van der Waals surface area contributed by atoms with Gasteiger partial charge in [-0.3, -0.25) is 4.79 Å². The van der Waals surface area contributed by atoms with Gasteiger partial charge in [0.2, 0.25) is 0 Å². The molecule has 1 aromatic carbocycles. The van der Waals surface area contributed by atoms with Crippen molar-refractivity contribution in [1.29, 1.82) is 5.26 Å². The van der Waals surface area contributed by atoms with Crippen LogP contribution in [-0.4, -0.2) is 30.4 Å². The lowest BCUT2D eigenvalue weighted by Crippen LogP contribution is -2.34. The maximum absolute atomic E-state index is 12.4. The number of benzene rings is 1. The quantitative estimate of drug-likeness (QED) is 0.867. The van der Waals surface area contributed by atoms with Gasteiger partial charge in [0.25, 0.3) is 5.91 Å². The fraction of sp³-hybridized carbons (Fsp3) is 0.375. The number of carbonyl (C=O) groups is 1. The molecule has 110 valence electrons. The third kappa shape index (κ3) is 4.79. The molecule has 1 aromatic rings. The molecule has 0 heterocycles. The molecule has 0 aliphatic carbocycles. The van der Waals surface area contributed by atoms with E-state index in [0.717, 1.165) is 0 Å². The average Bonchev–Trinajstić information content (AvgIpc) is 2.50. The first-order valence-electron chi connectivity index (χ1n) is 6.70. The molecule has 0 saturated heterocycles. The Kier molecular flexibility index (Phi) is 6.75. The number of carbonyl (C=O) groups excluding carboxylic acids is 1. The molecule has 4 nitrogen and oxygen atoms in total. The second kappa shape index (κ2) is 8.32. The van der Waals surface area contributed by atoms with Crippen molar-refractivity contribution in [2.75, 3.05) is 19.6 Å². The molecule has 2 N–H and O–H groups in total. The molecule has 0 aromatic heterocycles. The Labute approximate surface area is 130 Å². The molecular weight excluding hydrogens is 286 g/mol. The van der Waals surface area contributed by atoms with Crippen LogP contribution in [0.4, 0.5) is 0 Å². The monoisotopic (exact) mass is 303 g/mol. The zero-order chi connectivity index (χ0) is 15.8. The Balaban J connectivity index is 2.97. The highest BCUT2D eigenvalue weighted by Crippen LogP contribution is 2.18. The van der Waals surface area contributed by atoms with Gasteiger partial charge in [-0.1, -0.05) is 23.4 Å². The molecule has 1 amide bonds. The number of nitrogens with zero attached hydrogens (tertiary/aromatic N) is 2. The maximum atomic E-state index is 12.4. The third-order valence-electron chi connectivity index (χ3n) is 2.92. The fourth-order valence-corrected chi connectivity index (χ4v) is 2.03. The minimum Gasteiger partial charge on any atom is -0.338 e. The maximum Gasteiger partial charge on any atom is 0.253 e. The van der Waals surface area contributed by atoms with E-state index in [4.69, 9.17) is 22.6 Å². The molecule has 1 unspecified atom stereocenters. The Morgan fingerprint density at radius 1 is 1.52 bits per heavy atom. The molecule has 0 aliphatic rings. The molecule has 0 aliphatic heterocycles. The van der Waals surface area contributed by atoms with Crippen LogP contribution in [0.25, 0.3) is 0 Å². The fourth-order valence-electron chi connectivity index (χ4n) is 1.81. The van der Waals surface area contributed by atoms with Crippen LogP contribution < -0.4 is 5.73 Å². The summed E-state index contributed by atoms with van der Waals surface area (Å²) in [6.45, 7) is 4.86. The Bertz CT molecular complexity index is 610. The summed E-state index contributed by atoms with van der Waals surface area (Å²) < 4.78 is 0. The number of amides is 1. The van der Waals surface area contributed by atoms with E-state index >= 15 is 0 Å². The van der Waals surface area contributed by atoms with E-state index in [1.165, 1.54) is 0 Å². The van der Waals surface area contributed by atoms with E-state index in [2.05, 4.69) is 17.9 Å². The van der Waals surface area contributed by atoms with Gasteiger partial charge in [-0.15, -0.1) is 0 Å². The van der Waals surface area contributed by atoms with Crippen LogP contribution in [0.15, 0.2) is 18.2 Å². The van der Waals surface area contributed by atoms with Gasteiger partial charge in [0, 0.05) is 24.2 Å². The predicted molar refractivity (Wildman–Crippen MR) is 83.7 cm³/mol. The van der Waals surface area contributed by atoms with E-state index < -0.39 is 0 Å². The number of nitriles is 1. The molecule has 0 radical (unpaired) electrons. The van der Waals surface area contributed by atoms with Gasteiger partial charge < -0.3 is 10.6 Å². The van der Waals surface area contributed by atoms with E-state index in [-0.39, 0.29) is 18.4 Å².